The van der Waals surface area contributed by atoms with Gasteiger partial charge in [-0.25, -0.2) is 8.42 Å². The van der Waals surface area contributed by atoms with Gasteiger partial charge >= 0.3 is 0 Å². The van der Waals surface area contributed by atoms with Crippen LogP contribution in [0, 0.1) is 27.7 Å². The highest BCUT2D eigenvalue weighted by molar-refractivity contribution is 7.89. The van der Waals surface area contributed by atoms with E-state index in [1.165, 1.54) is 0 Å². The number of piperazine rings is 1. The van der Waals surface area contributed by atoms with E-state index in [4.69, 9.17) is 0 Å². The zero-order chi connectivity index (χ0) is 23.6. The van der Waals surface area contributed by atoms with Gasteiger partial charge in [0.2, 0.25) is 15.9 Å². The molecule has 2 amide bonds. The molecule has 0 unspecified atom stereocenters. The second-order valence-corrected chi connectivity index (χ2v) is 10.1. The second-order valence-electron chi connectivity index (χ2n) is 8.42. The van der Waals surface area contributed by atoms with Crippen molar-refractivity contribution < 1.29 is 18.0 Å². The molecule has 172 valence electrons. The number of aryl methyl sites for hydroxylation is 2. The average molecular weight is 458 g/mol. The van der Waals surface area contributed by atoms with Gasteiger partial charge in [-0.3, -0.25) is 9.59 Å². The molecule has 3 rings (SSSR count). The van der Waals surface area contributed by atoms with Crippen molar-refractivity contribution in [2.75, 3.05) is 26.2 Å². The normalized spacial score (nSPS) is 15.5. The first-order valence-corrected chi connectivity index (χ1v) is 12.2. The summed E-state index contributed by atoms with van der Waals surface area (Å²) in [6, 6.07) is 10.1. The fourth-order valence-corrected chi connectivity index (χ4v) is 5.91. The molecule has 0 saturated carbocycles. The van der Waals surface area contributed by atoms with E-state index in [0.717, 1.165) is 11.1 Å². The third kappa shape index (κ3) is 4.86. The highest BCUT2D eigenvalue weighted by atomic mass is 32.2. The zero-order valence-electron chi connectivity index (χ0n) is 19.3. The third-order valence-corrected chi connectivity index (χ3v) is 7.98. The van der Waals surface area contributed by atoms with Crippen LogP contribution in [0.5, 0.6) is 0 Å². The van der Waals surface area contributed by atoms with Crippen molar-refractivity contribution in [1.82, 2.24) is 14.5 Å². The van der Waals surface area contributed by atoms with Crippen LogP contribution < -0.4 is 4.72 Å². The number of rotatable bonds is 5. The van der Waals surface area contributed by atoms with Crippen molar-refractivity contribution in [3.8, 4) is 0 Å². The van der Waals surface area contributed by atoms with Crippen LogP contribution in [-0.2, 0) is 14.8 Å². The first-order valence-electron chi connectivity index (χ1n) is 10.8. The van der Waals surface area contributed by atoms with Crippen LogP contribution in [0.4, 0.5) is 0 Å². The molecule has 1 saturated heterocycles. The van der Waals surface area contributed by atoms with E-state index in [2.05, 4.69) is 4.72 Å². The van der Waals surface area contributed by atoms with Gasteiger partial charge in [0.1, 0.15) is 0 Å². The van der Waals surface area contributed by atoms with E-state index in [9.17, 15) is 18.0 Å². The molecule has 7 nitrogen and oxygen atoms in total. The summed E-state index contributed by atoms with van der Waals surface area (Å²) in [5.41, 5.74) is 3.78. The summed E-state index contributed by atoms with van der Waals surface area (Å²) in [5, 5.41) is 0. The van der Waals surface area contributed by atoms with E-state index >= 15 is 0 Å². The molecular formula is C24H31N3O4S. The summed E-state index contributed by atoms with van der Waals surface area (Å²) in [4.78, 5) is 29.1. The summed E-state index contributed by atoms with van der Waals surface area (Å²) in [6.45, 7) is 10.4. The lowest BCUT2D eigenvalue weighted by Gasteiger charge is -2.36. The summed E-state index contributed by atoms with van der Waals surface area (Å²) < 4.78 is 28.8. The van der Waals surface area contributed by atoms with Gasteiger partial charge in [0.15, 0.2) is 0 Å². The third-order valence-electron chi connectivity index (χ3n) is 6.17. The molecule has 1 aliphatic heterocycles. The maximum atomic E-state index is 13.1. The highest BCUT2D eigenvalue weighted by Gasteiger charge is 2.31. The predicted octanol–water partition coefficient (Wildman–Crippen LogP) is 2.57. The van der Waals surface area contributed by atoms with Crippen LogP contribution in [0.25, 0.3) is 0 Å². The molecule has 1 N–H and O–H groups in total. The van der Waals surface area contributed by atoms with E-state index in [-0.39, 0.29) is 16.7 Å². The number of amides is 2. The van der Waals surface area contributed by atoms with Gasteiger partial charge in [-0.2, -0.15) is 4.72 Å². The Kier molecular flexibility index (Phi) is 7.05. The molecule has 1 heterocycles. The van der Waals surface area contributed by atoms with Crippen molar-refractivity contribution in [3.05, 3.63) is 64.2 Å². The number of hydrogen-bond donors (Lipinski definition) is 1. The number of carbonyl (C=O) groups is 2. The average Bonchev–Trinajstić information content (AvgIpc) is 2.77. The van der Waals surface area contributed by atoms with E-state index in [1.807, 2.05) is 38.1 Å². The summed E-state index contributed by atoms with van der Waals surface area (Å²) in [7, 11) is -3.87. The molecular weight excluding hydrogens is 426 g/mol. The van der Waals surface area contributed by atoms with E-state index in [0.29, 0.717) is 42.9 Å². The van der Waals surface area contributed by atoms with Gasteiger partial charge in [0.25, 0.3) is 5.91 Å². The van der Waals surface area contributed by atoms with Crippen LogP contribution >= 0.6 is 0 Å². The number of benzene rings is 2. The first-order chi connectivity index (χ1) is 15.0. The number of sulfonamides is 1. The number of nitrogens with one attached hydrogen (secondary N) is 1. The molecule has 0 spiro atoms. The summed E-state index contributed by atoms with van der Waals surface area (Å²) in [5.74, 6) is -0.354. The summed E-state index contributed by atoms with van der Waals surface area (Å²) >= 11 is 0. The smallest absolute Gasteiger partial charge is 0.253 e. The van der Waals surface area contributed by atoms with Crippen molar-refractivity contribution in [2.45, 2.75) is 45.6 Å². The maximum Gasteiger partial charge on any atom is 0.253 e. The molecule has 0 aliphatic carbocycles. The Labute approximate surface area is 190 Å². The standard InChI is InChI=1S/C24H31N3O4S/c1-16-15-17(2)19(4)22(18(16)3)32(30,31)25-20(5)23(28)26-11-13-27(14-12-26)24(29)21-9-7-6-8-10-21/h6-10,15,20,25H,11-14H2,1-5H3/t20-/m0/s1. The Morgan fingerprint density at radius 2 is 1.38 bits per heavy atom. The molecule has 0 radical (unpaired) electrons. The first kappa shape index (κ1) is 23.9. The van der Waals surface area contributed by atoms with Crippen molar-refractivity contribution in [2.24, 2.45) is 0 Å². The lowest BCUT2D eigenvalue weighted by Crippen LogP contribution is -2.55. The van der Waals surface area contributed by atoms with Crippen LogP contribution in [0.15, 0.2) is 41.3 Å². The highest BCUT2D eigenvalue weighted by Crippen LogP contribution is 2.26. The Morgan fingerprint density at radius 1 is 0.875 bits per heavy atom. The van der Waals surface area contributed by atoms with Crippen LogP contribution in [0.1, 0.15) is 39.5 Å². The number of nitrogens with zero attached hydrogens (tertiary/aromatic N) is 2. The van der Waals surface area contributed by atoms with Crippen LogP contribution in [0.3, 0.4) is 0 Å². The Bertz CT molecular complexity index is 1100. The molecule has 8 heteroatoms. The topological polar surface area (TPSA) is 86.8 Å². The Balaban J connectivity index is 1.66. The lowest BCUT2D eigenvalue weighted by molar-refractivity contribution is -0.134. The van der Waals surface area contributed by atoms with Crippen LogP contribution in [0.2, 0.25) is 0 Å². The Morgan fingerprint density at radius 3 is 1.91 bits per heavy atom. The van der Waals surface area contributed by atoms with Gasteiger partial charge in [-0.05, 0) is 69.0 Å². The number of hydrogen-bond acceptors (Lipinski definition) is 4. The van der Waals surface area contributed by atoms with Gasteiger partial charge in [-0.1, -0.05) is 24.3 Å². The minimum absolute atomic E-state index is 0.0628. The van der Waals surface area contributed by atoms with Gasteiger partial charge in [-0.15, -0.1) is 0 Å². The Hall–Kier alpha value is -2.71. The molecule has 2 aromatic carbocycles. The van der Waals surface area contributed by atoms with Crippen molar-refractivity contribution in [3.63, 3.8) is 0 Å². The monoisotopic (exact) mass is 457 g/mol. The largest absolute Gasteiger partial charge is 0.338 e. The van der Waals surface area contributed by atoms with E-state index in [1.54, 1.807) is 42.7 Å². The lowest BCUT2D eigenvalue weighted by atomic mass is 10.0. The molecule has 0 aromatic heterocycles. The second kappa shape index (κ2) is 9.42. The maximum absolute atomic E-state index is 13.1. The molecule has 1 aliphatic rings. The minimum atomic E-state index is -3.87. The fraction of sp³-hybridized carbons (Fsp3) is 0.417. The molecule has 1 atom stereocenters. The van der Waals surface area contributed by atoms with Crippen LogP contribution in [-0.4, -0.2) is 62.3 Å². The predicted molar refractivity (Wildman–Crippen MR) is 124 cm³/mol. The molecule has 1 fully saturated rings. The SMILES string of the molecule is Cc1cc(C)c(C)c(S(=O)(=O)N[C@@H](C)C(=O)N2CCN(C(=O)c3ccccc3)CC2)c1C. The summed E-state index contributed by atoms with van der Waals surface area (Å²) in [6.07, 6.45) is 0. The van der Waals surface area contributed by atoms with Crippen molar-refractivity contribution >= 4 is 21.8 Å². The zero-order valence-corrected chi connectivity index (χ0v) is 20.1. The van der Waals surface area contributed by atoms with E-state index < -0.39 is 16.1 Å². The molecule has 2 aromatic rings. The minimum Gasteiger partial charge on any atom is -0.338 e. The molecule has 32 heavy (non-hydrogen) atoms. The van der Waals surface area contributed by atoms with Crippen molar-refractivity contribution in [1.29, 1.82) is 0 Å². The van der Waals surface area contributed by atoms with Gasteiger partial charge in [0.05, 0.1) is 10.9 Å². The van der Waals surface area contributed by atoms with Gasteiger partial charge < -0.3 is 9.80 Å². The molecule has 0 bridgehead atoms. The quantitative estimate of drug-likeness (QED) is 0.748. The number of carbonyl (C=O) groups excluding carboxylic acids is 2. The fourth-order valence-electron chi connectivity index (χ4n) is 4.09. The van der Waals surface area contributed by atoms with Gasteiger partial charge in [0, 0.05) is 31.7 Å².